The lowest BCUT2D eigenvalue weighted by atomic mass is 10.0. The first-order valence-electron chi connectivity index (χ1n) is 8.75. The zero-order valence-electron chi connectivity index (χ0n) is 15.1. The van der Waals surface area contributed by atoms with Gasteiger partial charge >= 0.3 is 5.63 Å². The van der Waals surface area contributed by atoms with E-state index >= 15 is 0 Å². The largest absolute Gasteiger partial charge is 0.423 e. The molecule has 4 aromatic rings. The van der Waals surface area contributed by atoms with Crippen LogP contribution in [0.3, 0.4) is 0 Å². The molecule has 2 heterocycles. The van der Waals surface area contributed by atoms with E-state index in [0.717, 1.165) is 37.7 Å². The van der Waals surface area contributed by atoms with Crippen LogP contribution < -0.4 is 10.9 Å². The summed E-state index contributed by atoms with van der Waals surface area (Å²) >= 11 is 3.12. The van der Waals surface area contributed by atoms with Crippen LogP contribution in [0.25, 0.3) is 21.7 Å². The smallest absolute Gasteiger partial charge is 0.336 e. The molecule has 138 valence electrons. The number of nitrogens with zero attached hydrogens (tertiary/aromatic N) is 2. The van der Waals surface area contributed by atoms with Crippen LogP contribution >= 0.6 is 23.1 Å². The first-order chi connectivity index (χ1) is 13.1. The zero-order chi connectivity index (χ0) is 18.8. The Morgan fingerprint density at radius 2 is 2.04 bits per heavy atom. The maximum Gasteiger partial charge on any atom is 0.336 e. The average molecular weight is 398 g/mol. The Bertz CT molecular complexity index is 1150. The molecule has 7 heteroatoms. The van der Waals surface area contributed by atoms with Crippen LogP contribution in [0.5, 0.6) is 0 Å². The minimum absolute atomic E-state index is 0.329. The quantitative estimate of drug-likeness (QED) is 0.275. The van der Waals surface area contributed by atoms with Crippen molar-refractivity contribution in [3.05, 3.63) is 58.4 Å². The molecule has 0 aliphatic carbocycles. The third-order valence-corrected chi connectivity index (χ3v) is 6.20. The maximum atomic E-state index is 12.0. The number of rotatable bonds is 6. The molecule has 2 aromatic carbocycles. The minimum atomic E-state index is -0.329. The fourth-order valence-electron chi connectivity index (χ4n) is 2.90. The predicted octanol–water partition coefficient (Wildman–Crippen LogP) is 5.16. The van der Waals surface area contributed by atoms with E-state index in [4.69, 9.17) is 4.42 Å². The predicted molar refractivity (Wildman–Crippen MR) is 113 cm³/mol. The van der Waals surface area contributed by atoms with Gasteiger partial charge in [0.2, 0.25) is 5.13 Å². The summed E-state index contributed by atoms with van der Waals surface area (Å²) in [4.78, 5) is 12.0. The van der Waals surface area contributed by atoms with Gasteiger partial charge in [-0.05, 0) is 28.3 Å². The molecular formula is C20H19N3O2S2. The number of aromatic nitrogens is 2. The molecule has 0 spiro atoms. The zero-order valence-corrected chi connectivity index (χ0v) is 16.7. The van der Waals surface area contributed by atoms with E-state index < -0.39 is 0 Å². The Kier molecular flexibility index (Phi) is 5.13. The first kappa shape index (κ1) is 18.0. The van der Waals surface area contributed by atoms with Crippen molar-refractivity contribution in [3.63, 3.8) is 0 Å². The Balaban J connectivity index is 1.64. The van der Waals surface area contributed by atoms with Crippen LogP contribution in [0.1, 0.15) is 19.4 Å². The van der Waals surface area contributed by atoms with Gasteiger partial charge in [0.1, 0.15) is 5.58 Å². The van der Waals surface area contributed by atoms with Crippen molar-refractivity contribution < 1.29 is 4.42 Å². The summed E-state index contributed by atoms with van der Waals surface area (Å²) < 4.78 is 6.30. The number of hydrogen-bond acceptors (Lipinski definition) is 7. The fourth-order valence-corrected chi connectivity index (χ4v) is 4.64. The lowest BCUT2D eigenvalue weighted by Crippen LogP contribution is -2.07. The molecular weight excluding hydrogens is 378 g/mol. The van der Waals surface area contributed by atoms with E-state index in [1.165, 1.54) is 11.3 Å². The molecule has 5 nitrogen and oxygen atoms in total. The average Bonchev–Trinajstić information content (AvgIpc) is 3.12. The third kappa shape index (κ3) is 3.99. The molecule has 4 rings (SSSR count). The second-order valence-electron chi connectivity index (χ2n) is 6.69. The van der Waals surface area contributed by atoms with Crippen LogP contribution in [-0.4, -0.2) is 16.7 Å². The minimum Gasteiger partial charge on any atom is -0.423 e. The van der Waals surface area contributed by atoms with Crippen molar-refractivity contribution in [2.24, 2.45) is 5.92 Å². The van der Waals surface area contributed by atoms with Gasteiger partial charge in [-0.15, -0.1) is 10.2 Å². The lowest BCUT2D eigenvalue weighted by molar-refractivity contribution is 0.560. The molecule has 0 unspecified atom stereocenters. The van der Waals surface area contributed by atoms with Crippen LogP contribution in [0.4, 0.5) is 5.13 Å². The van der Waals surface area contributed by atoms with Gasteiger partial charge in [-0.25, -0.2) is 4.79 Å². The van der Waals surface area contributed by atoms with Crippen molar-refractivity contribution in [2.75, 3.05) is 11.9 Å². The van der Waals surface area contributed by atoms with Gasteiger partial charge in [0.05, 0.1) is 0 Å². The Morgan fingerprint density at radius 3 is 2.89 bits per heavy atom. The molecule has 1 N–H and O–H groups in total. The van der Waals surface area contributed by atoms with Gasteiger partial charge in [-0.3, -0.25) is 0 Å². The van der Waals surface area contributed by atoms with Gasteiger partial charge in [-0.2, -0.15) is 0 Å². The molecule has 0 aliphatic rings. The molecule has 0 fully saturated rings. The molecule has 0 bridgehead atoms. The van der Waals surface area contributed by atoms with Crippen LogP contribution in [-0.2, 0) is 5.75 Å². The van der Waals surface area contributed by atoms with Crippen LogP contribution in [0.2, 0.25) is 0 Å². The summed E-state index contributed by atoms with van der Waals surface area (Å²) in [6.45, 7) is 5.18. The molecule has 0 radical (unpaired) electrons. The van der Waals surface area contributed by atoms with Crippen LogP contribution in [0.15, 0.2) is 56.0 Å². The topological polar surface area (TPSA) is 68.0 Å². The standard InChI is InChI=1S/C20H19N3O2S2/c1-12(2)10-21-19-22-23-20(27-19)26-11-14-9-17(24)25-16-8-7-13-5-3-4-6-15(13)18(14)16/h3-9,12H,10-11H2,1-2H3,(H,21,22). The number of nitrogens with one attached hydrogen (secondary N) is 1. The van der Waals surface area contributed by atoms with E-state index in [1.807, 2.05) is 24.3 Å². The monoisotopic (exact) mass is 397 g/mol. The first-order valence-corrected chi connectivity index (χ1v) is 10.5. The summed E-state index contributed by atoms with van der Waals surface area (Å²) in [7, 11) is 0. The summed E-state index contributed by atoms with van der Waals surface area (Å²) in [5.74, 6) is 1.18. The van der Waals surface area contributed by atoms with Crippen molar-refractivity contribution in [1.82, 2.24) is 10.2 Å². The highest BCUT2D eigenvalue weighted by molar-refractivity contribution is 8.00. The SMILES string of the molecule is CC(C)CNc1nnc(SCc2cc(=O)oc3ccc4ccccc4c23)s1. The number of benzene rings is 2. The Hall–Kier alpha value is -2.38. The molecule has 0 amide bonds. The summed E-state index contributed by atoms with van der Waals surface area (Å²) in [6, 6.07) is 13.6. The second-order valence-corrected chi connectivity index (χ2v) is 8.89. The molecule has 0 aliphatic heterocycles. The van der Waals surface area contributed by atoms with Crippen molar-refractivity contribution in [1.29, 1.82) is 0 Å². The van der Waals surface area contributed by atoms with E-state index in [2.05, 4.69) is 41.5 Å². The van der Waals surface area contributed by atoms with E-state index in [9.17, 15) is 4.79 Å². The molecule has 0 atom stereocenters. The second kappa shape index (κ2) is 7.70. The number of anilines is 1. The van der Waals surface area contributed by atoms with Crippen molar-refractivity contribution in [3.8, 4) is 0 Å². The van der Waals surface area contributed by atoms with Gasteiger partial charge < -0.3 is 9.73 Å². The van der Waals surface area contributed by atoms with Gasteiger partial charge in [0.15, 0.2) is 4.34 Å². The summed E-state index contributed by atoms with van der Waals surface area (Å²) in [5.41, 5.74) is 1.24. The summed E-state index contributed by atoms with van der Waals surface area (Å²) in [5, 5.41) is 15.8. The Morgan fingerprint density at radius 1 is 1.19 bits per heavy atom. The molecule has 27 heavy (non-hydrogen) atoms. The van der Waals surface area contributed by atoms with Gasteiger partial charge in [-0.1, -0.05) is 67.3 Å². The number of fused-ring (bicyclic) bond motifs is 3. The maximum absolute atomic E-state index is 12.0. The molecule has 2 aromatic heterocycles. The van der Waals surface area contributed by atoms with Crippen molar-refractivity contribution >= 4 is 50.0 Å². The van der Waals surface area contributed by atoms with Crippen LogP contribution in [0, 0.1) is 5.92 Å². The van der Waals surface area contributed by atoms with E-state index in [1.54, 1.807) is 17.8 Å². The molecule has 0 saturated carbocycles. The fraction of sp³-hybridized carbons (Fsp3) is 0.250. The lowest BCUT2D eigenvalue weighted by Gasteiger charge is -2.07. The summed E-state index contributed by atoms with van der Waals surface area (Å²) in [6.07, 6.45) is 0. The van der Waals surface area contributed by atoms with Gasteiger partial charge in [0.25, 0.3) is 0 Å². The molecule has 0 saturated heterocycles. The number of hydrogen-bond donors (Lipinski definition) is 1. The van der Waals surface area contributed by atoms with E-state index in [0.29, 0.717) is 17.3 Å². The van der Waals surface area contributed by atoms with Gasteiger partial charge in [0, 0.05) is 23.8 Å². The normalized spacial score (nSPS) is 11.5. The highest BCUT2D eigenvalue weighted by atomic mass is 32.2. The highest BCUT2D eigenvalue weighted by Crippen LogP contribution is 2.33. The third-order valence-electron chi connectivity index (χ3n) is 4.13. The highest BCUT2D eigenvalue weighted by Gasteiger charge is 2.12. The van der Waals surface area contributed by atoms with E-state index in [-0.39, 0.29) is 5.63 Å². The number of thioether (sulfide) groups is 1. The Labute approximate surface area is 164 Å². The van der Waals surface area contributed by atoms with Crippen molar-refractivity contribution in [2.45, 2.75) is 23.9 Å².